The summed E-state index contributed by atoms with van der Waals surface area (Å²) in [7, 11) is 1.63. The van der Waals surface area contributed by atoms with Crippen LogP contribution in [0.1, 0.15) is 25.3 Å². The van der Waals surface area contributed by atoms with Gasteiger partial charge in [0.05, 0.1) is 30.3 Å². The Kier molecular flexibility index (Phi) is 4.70. The van der Waals surface area contributed by atoms with Crippen molar-refractivity contribution in [3.05, 3.63) is 28.2 Å². The van der Waals surface area contributed by atoms with Gasteiger partial charge in [-0.15, -0.1) is 0 Å². The first-order valence-corrected chi connectivity index (χ1v) is 7.59. The van der Waals surface area contributed by atoms with Crippen molar-refractivity contribution in [2.75, 3.05) is 20.2 Å². The maximum atomic E-state index is 12.0. The summed E-state index contributed by atoms with van der Waals surface area (Å²) < 4.78 is 6.07. The number of amides is 1. The second-order valence-corrected chi connectivity index (χ2v) is 6.15. The molecule has 0 radical (unpaired) electrons. The number of nitrogens with zero attached hydrogens (tertiary/aromatic N) is 1. The molecule has 1 aliphatic rings. The molecule has 1 aromatic rings. The van der Waals surface area contributed by atoms with E-state index in [0.29, 0.717) is 32.4 Å². The Labute approximate surface area is 127 Å². The molecule has 4 nitrogen and oxygen atoms in total. The van der Waals surface area contributed by atoms with Crippen LogP contribution in [0.15, 0.2) is 22.7 Å². The Morgan fingerprint density at radius 3 is 2.75 bits per heavy atom. The molecule has 1 heterocycles. The van der Waals surface area contributed by atoms with E-state index in [9.17, 15) is 9.90 Å². The van der Waals surface area contributed by atoms with Crippen molar-refractivity contribution in [1.29, 1.82) is 0 Å². The zero-order chi connectivity index (χ0) is 14.8. The molecule has 1 saturated heterocycles. The minimum absolute atomic E-state index is 0.107. The van der Waals surface area contributed by atoms with Gasteiger partial charge in [0, 0.05) is 6.42 Å². The number of ether oxygens (including phenoxy) is 1. The van der Waals surface area contributed by atoms with Gasteiger partial charge < -0.3 is 14.7 Å². The van der Waals surface area contributed by atoms with Crippen LogP contribution in [0.3, 0.4) is 0 Å². The fourth-order valence-electron chi connectivity index (χ4n) is 2.34. The van der Waals surface area contributed by atoms with Crippen molar-refractivity contribution >= 4 is 21.8 Å². The van der Waals surface area contributed by atoms with E-state index < -0.39 is 5.60 Å². The van der Waals surface area contributed by atoms with E-state index in [1.165, 1.54) is 0 Å². The van der Waals surface area contributed by atoms with Gasteiger partial charge in [-0.2, -0.15) is 0 Å². The average Bonchev–Trinajstić information content (AvgIpc) is 2.41. The molecule has 1 N–H and O–H groups in total. The number of aliphatic hydroxyl groups is 1. The van der Waals surface area contributed by atoms with Crippen molar-refractivity contribution in [3.8, 4) is 5.75 Å². The lowest BCUT2D eigenvalue weighted by Gasteiger charge is -2.46. The lowest BCUT2D eigenvalue weighted by molar-refractivity contribution is -0.155. The summed E-state index contributed by atoms with van der Waals surface area (Å²) in [6.07, 6.45) is 1.86. The molecule has 0 saturated carbocycles. The number of β-amino-alcohol motifs (C(OH)–C–C–N with tert-alkyl or cyclic N) is 1. The number of halogens is 1. The minimum atomic E-state index is -0.654. The summed E-state index contributed by atoms with van der Waals surface area (Å²) >= 11 is 3.44. The van der Waals surface area contributed by atoms with E-state index in [2.05, 4.69) is 15.9 Å². The third-order valence-corrected chi connectivity index (χ3v) is 4.44. The molecular formula is C15H20BrNO3. The van der Waals surface area contributed by atoms with Crippen molar-refractivity contribution in [2.45, 2.75) is 31.8 Å². The SMILES string of the molecule is CCC1(O)CN(C(=O)CCc2ccc(OC)c(Br)c2)C1. The molecule has 0 aliphatic carbocycles. The van der Waals surface area contributed by atoms with Gasteiger partial charge in [0.1, 0.15) is 5.75 Å². The third-order valence-electron chi connectivity index (χ3n) is 3.82. The Hall–Kier alpha value is -1.07. The first-order valence-electron chi connectivity index (χ1n) is 6.80. The van der Waals surface area contributed by atoms with Crippen LogP contribution in [0.25, 0.3) is 0 Å². The summed E-state index contributed by atoms with van der Waals surface area (Å²) in [5, 5.41) is 9.90. The van der Waals surface area contributed by atoms with E-state index >= 15 is 0 Å². The van der Waals surface area contributed by atoms with Crippen LogP contribution < -0.4 is 4.74 Å². The second-order valence-electron chi connectivity index (χ2n) is 5.30. The molecule has 1 aromatic carbocycles. The van der Waals surface area contributed by atoms with Crippen LogP contribution in [0, 0.1) is 0 Å². The molecule has 1 amide bonds. The van der Waals surface area contributed by atoms with Crippen LogP contribution in [0.5, 0.6) is 5.75 Å². The van der Waals surface area contributed by atoms with Gasteiger partial charge in [0.25, 0.3) is 0 Å². The number of aryl methyl sites for hydroxylation is 1. The topological polar surface area (TPSA) is 49.8 Å². The van der Waals surface area contributed by atoms with Crippen LogP contribution in [-0.4, -0.2) is 41.7 Å². The highest BCUT2D eigenvalue weighted by atomic mass is 79.9. The van der Waals surface area contributed by atoms with Gasteiger partial charge >= 0.3 is 0 Å². The molecule has 0 unspecified atom stereocenters. The smallest absolute Gasteiger partial charge is 0.223 e. The Morgan fingerprint density at radius 2 is 2.20 bits per heavy atom. The number of carbonyl (C=O) groups excluding carboxylic acids is 1. The van der Waals surface area contributed by atoms with Crippen molar-refractivity contribution in [2.24, 2.45) is 0 Å². The molecule has 0 atom stereocenters. The Bertz CT molecular complexity index is 498. The van der Waals surface area contributed by atoms with E-state index in [1.807, 2.05) is 25.1 Å². The van der Waals surface area contributed by atoms with Gasteiger partial charge in [-0.05, 0) is 46.5 Å². The molecule has 5 heteroatoms. The molecule has 0 bridgehead atoms. The lowest BCUT2D eigenvalue weighted by atomic mass is 9.91. The summed E-state index contributed by atoms with van der Waals surface area (Å²) in [5.74, 6) is 0.894. The number of hydrogen-bond donors (Lipinski definition) is 1. The first kappa shape index (κ1) is 15.3. The van der Waals surface area contributed by atoms with Gasteiger partial charge in [-0.3, -0.25) is 4.79 Å². The zero-order valence-corrected chi connectivity index (χ0v) is 13.4. The maximum Gasteiger partial charge on any atom is 0.223 e. The molecule has 20 heavy (non-hydrogen) atoms. The van der Waals surface area contributed by atoms with E-state index in [4.69, 9.17) is 4.74 Å². The summed E-state index contributed by atoms with van der Waals surface area (Å²) in [6, 6.07) is 5.84. The van der Waals surface area contributed by atoms with Crippen LogP contribution >= 0.6 is 15.9 Å². The zero-order valence-electron chi connectivity index (χ0n) is 11.9. The highest BCUT2D eigenvalue weighted by molar-refractivity contribution is 9.10. The fraction of sp³-hybridized carbons (Fsp3) is 0.533. The first-order chi connectivity index (χ1) is 9.47. The van der Waals surface area contributed by atoms with Crippen LogP contribution in [0.4, 0.5) is 0 Å². The average molecular weight is 342 g/mol. The third kappa shape index (κ3) is 3.33. The number of benzene rings is 1. The molecule has 1 aliphatic heterocycles. The van der Waals surface area contributed by atoms with Crippen molar-refractivity contribution < 1.29 is 14.6 Å². The Morgan fingerprint density at radius 1 is 1.50 bits per heavy atom. The minimum Gasteiger partial charge on any atom is -0.496 e. The molecule has 0 spiro atoms. The standard InChI is InChI=1S/C15H20BrNO3/c1-3-15(19)9-17(10-15)14(18)7-5-11-4-6-13(20-2)12(16)8-11/h4,6,8,19H,3,5,7,9-10H2,1-2H3. The Balaban J connectivity index is 1.84. The van der Waals surface area contributed by atoms with E-state index in [-0.39, 0.29) is 5.91 Å². The van der Waals surface area contributed by atoms with Gasteiger partial charge in [-0.25, -0.2) is 0 Å². The monoisotopic (exact) mass is 341 g/mol. The summed E-state index contributed by atoms with van der Waals surface area (Å²) in [4.78, 5) is 13.7. The van der Waals surface area contributed by atoms with Crippen molar-refractivity contribution in [3.63, 3.8) is 0 Å². The van der Waals surface area contributed by atoms with Crippen LogP contribution in [-0.2, 0) is 11.2 Å². The number of methoxy groups -OCH3 is 1. The fourth-order valence-corrected chi connectivity index (χ4v) is 2.93. The molecular weight excluding hydrogens is 322 g/mol. The summed E-state index contributed by atoms with van der Waals surface area (Å²) in [6.45, 7) is 2.87. The predicted molar refractivity (Wildman–Crippen MR) is 80.8 cm³/mol. The molecule has 2 rings (SSSR count). The van der Waals surface area contributed by atoms with Crippen molar-refractivity contribution in [1.82, 2.24) is 4.90 Å². The normalized spacial score (nSPS) is 16.7. The van der Waals surface area contributed by atoms with E-state index in [0.717, 1.165) is 15.8 Å². The quantitative estimate of drug-likeness (QED) is 0.894. The molecule has 110 valence electrons. The number of hydrogen-bond acceptors (Lipinski definition) is 3. The molecule has 1 fully saturated rings. The van der Waals surface area contributed by atoms with Gasteiger partial charge in [-0.1, -0.05) is 13.0 Å². The number of rotatable bonds is 5. The maximum absolute atomic E-state index is 12.0. The van der Waals surface area contributed by atoms with Gasteiger partial charge in [0.2, 0.25) is 5.91 Å². The second kappa shape index (κ2) is 6.14. The number of likely N-dealkylation sites (tertiary alicyclic amines) is 1. The molecule has 0 aromatic heterocycles. The van der Waals surface area contributed by atoms with E-state index in [1.54, 1.807) is 12.0 Å². The lowest BCUT2D eigenvalue weighted by Crippen LogP contribution is -2.63. The number of carbonyl (C=O) groups is 1. The van der Waals surface area contributed by atoms with Crippen LogP contribution in [0.2, 0.25) is 0 Å². The van der Waals surface area contributed by atoms with Gasteiger partial charge in [0.15, 0.2) is 0 Å². The largest absolute Gasteiger partial charge is 0.496 e. The summed E-state index contributed by atoms with van der Waals surface area (Å²) in [5.41, 5.74) is 0.441. The predicted octanol–water partition coefficient (Wildman–Crippen LogP) is 2.37. The highest BCUT2D eigenvalue weighted by Gasteiger charge is 2.41. The highest BCUT2D eigenvalue weighted by Crippen LogP contribution is 2.27.